The van der Waals surface area contributed by atoms with Crippen molar-refractivity contribution in [3.63, 3.8) is 0 Å². The van der Waals surface area contributed by atoms with Gasteiger partial charge >= 0.3 is 0 Å². The number of aliphatic hydroxyl groups is 1. The summed E-state index contributed by atoms with van der Waals surface area (Å²) in [5.41, 5.74) is 5.10. The van der Waals surface area contributed by atoms with Crippen molar-refractivity contribution in [3.05, 3.63) is 90.3 Å². The molecule has 4 aromatic rings. The summed E-state index contributed by atoms with van der Waals surface area (Å²) in [5, 5.41) is 12.1. The second-order valence-corrected chi connectivity index (χ2v) is 12.6. The van der Waals surface area contributed by atoms with Crippen LogP contribution in [0, 0.1) is 17.9 Å². The van der Waals surface area contributed by atoms with Crippen molar-refractivity contribution >= 4 is 27.4 Å². The van der Waals surface area contributed by atoms with E-state index in [9.17, 15) is 14.1 Å². The fourth-order valence-corrected chi connectivity index (χ4v) is 7.04. The fraction of sp³-hybridized carbons (Fsp3) is 0.351. The largest absolute Gasteiger partial charge is 0.512 e. The number of aromatic nitrogens is 1. The summed E-state index contributed by atoms with van der Waals surface area (Å²) < 4.78 is 12.9. The molecule has 0 fully saturated rings. The van der Waals surface area contributed by atoms with Gasteiger partial charge in [-0.1, -0.05) is 88.9 Å². The van der Waals surface area contributed by atoms with Crippen molar-refractivity contribution in [1.82, 2.24) is 4.98 Å². The van der Waals surface area contributed by atoms with Crippen molar-refractivity contribution in [2.45, 2.75) is 82.9 Å². The molecule has 6 heteroatoms. The van der Waals surface area contributed by atoms with E-state index >= 15 is 0 Å². The molecule has 0 amide bonds. The van der Waals surface area contributed by atoms with Gasteiger partial charge in [-0.05, 0) is 54.9 Å². The van der Waals surface area contributed by atoms with Crippen LogP contribution < -0.4 is 0 Å². The summed E-state index contributed by atoms with van der Waals surface area (Å²) >= 11 is 0. The Bertz CT molecular complexity index is 1620. The van der Waals surface area contributed by atoms with Crippen LogP contribution in [0.5, 0.6) is 0 Å². The van der Waals surface area contributed by atoms with E-state index in [-0.39, 0.29) is 43.5 Å². The van der Waals surface area contributed by atoms with E-state index < -0.39 is 10.8 Å². The molecule has 0 bridgehead atoms. The number of benzene rings is 3. The van der Waals surface area contributed by atoms with Gasteiger partial charge in [0.05, 0.1) is 21.5 Å². The fourth-order valence-electron chi connectivity index (χ4n) is 5.66. The van der Waals surface area contributed by atoms with Crippen LogP contribution in [-0.4, -0.2) is 20.1 Å². The summed E-state index contributed by atoms with van der Waals surface area (Å²) in [6.07, 6.45) is 6.67. The zero-order chi connectivity index (χ0) is 30.4. The van der Waals surface area contributed by atoms with Gasteiger partial charge in [-0.25, -0.2) is 4.21 Å². The number of carbonyl (C=O) groups is 1. The molecule has 1 aromatic heterocycles. The zero-order valence-electron chi connectivity index (χ0n) is 25.9. The molecule has 1 aliphatic heterocycles. The number of carbonyl (C=O) groups excluding carboxylic acids is 1. The van der Waals surface area contributed by atoms with Gasteiger partial charge in [-0.2, -0.15) is 0 Å². The van der Waals surface area contributed by atoms with Gasteiger partial charge in [-0.15, -0.1) is 29.1 Å². The molecule has 1 unspecified atom stereocenters. The number of ketones is 1. The van der Waals surface area contributed by atoms with Crippen LogP contribution in [0.1, 0.15) is 78.7 Å². The molecule has 229 valence electrons. The Hall–Kier alpha value is -2.92. The quantitative estimate of drug-likeness (QED) is 0.0921. The number of pyridine rings is 1. The molecule has 2 heterocycles. The van der Waals surface area contributed by atoms with Gasteiger partial charge in [0.2, 0.25) is 0 Å². The van der Waals surface area contributed by atoms with Gasteiger partial charge in [0, 0.05) is 54.8 Å². The third-order valence-electron chi connectivity index (χ3n) is 8.23. The van der Waals surface area contributed by atoms with Crippen LogP contribution in [0.3, 0.4) is 0 Å². The minimum atomic E-state index is -1.15. The second-order valence-electron chi connectivity index (χ2n) is 11.1. The van der Waals surface area contributed by atoms with Crippen molar-refractivity contribution in [2.24, 2.45) is 11.8 Å². The molecule has 0 aliphatic carbocycles. The number of allylic oxidation sites excluding steroid dienone is 2. The molecule has 1 radical (unpaired) electrons. The summed E-state index contributed by atoms with van der Waals surface area (Å²) in [4.78, 5) is 18.1. The van der Waals surface area contributed by atoms with E-state index in [1.54, 1.807) is 6.20 Å². The van der Waals surface area contributed by atoms with Crippen LogP contribution in [0.4, 0.5) is 0 Å². The first-order valence-electron chi connectivity index (χ1n) is 15.1. The third kappa shape index (κ3) is 7.42. The molecule has 3 aromatic carbocycles. The Morgan fingerprint density at radius 3 is 2.19 bits per heavy atom. The average Bonchev–Trinajstić information content (AvgIpc) is 3.30. The van der Waals surface area contributed by atoms with Crippen LogP contribution in [0.2, 0.25) is 0 Å². The molecular weight excluding hydrogens is 731 g/mol. The van der Waals surface area contributed by atoms with Crippen molar-refractivity contribution in [2.75, 3.05) is 0 Å². The van der Waals surface area contributed by atoms with Crippen molar-refractivity contribution in [1.29, 1.82) is 0 Å². The minimum absolute atomic E-state index is 0. The van der Waals surface area contributed by atoms with Crippen LogP contribution in [0.25, 0.3) is 33.2 Å². The maximum atomic E-state index is 12.9. The smallest absolute Gasteiger partial charge is 0.162 e. The van der Waals surface area contributed by atoms with Gasteiger partial charge in [0.25, 0.3) is 0 Å². The first kappa shape index (κ1) is 34.6. The van der Waals surface area contributed by atoms with Crippen LogP contribution >= 0.6 is 0 Å². The molecule has 43 heavy (non-hydrogen) atoms. The monoisotopic (exact) mass is 773 g/mol. The summed E-state index contributed by atoms with van der Waals surface area (Å²) in [7, 11) is -1.15. The minimum Gasteiger partial charge on any atom is -0.512 e. The third-order valence-corrected chi connectivity index (χ3v) is 9.73. The summed E-state index contributed by atoms with van der Waals surface area (Å²) in [5.74, 6) is 0.938. The van der Waals surface area contributed by atoms with E-state index in [1.165, 1.54) is 17.0 Å². The molecule has 1 N–H and O–H groups in total. The van der Waals surface area contributed by atoms with Crippen molar-refractivity contribution < 1.29 is 34.2 Å². The molecule has 1 atom stereocenters. The van der Waals surface area contributed by atoms with Gasteiger partial charge < -0.3 is 5.11 Å². The number of fused-ring (bicyclic) bond motifs is 4. The van der Waals surface area contributed by atoms with E-state index in [1.807, 2.05) is 64.1 Å². The number of rotatable bonds is 9. The SMILES string of the molecule is CC(C)c1cc(-c2nccc3c2-c2ccccc2S3=O)[c-]c2ccccc12.CCC(CC)C(=O)/C=C(\O)C(CC)CC.[Ir]. The predicted octanol–water partition coefficient (Wildman–Crippen LogP) is 9.84. The topological polar surface area (TPSA) is 67.3 Å². The normalized spacial score (nSPS) is 13.9. The number of hydrogen-bond acceptors (Lipinski definition) is 4. The van der Waals surface area contributed by atoms with Gasteiger partial charge in [0.1, 0.15) is 0 Å². The average molecular weight is 773 g/mol. The first-order chi connectivity index (χ1) is 20.2. The van der Waals surface area contributed by atoms with Crippen LogP contribution in [-0.2, 0) is 35.7 Å². The van der Waals surface area contributed by atoms with E-state index in [0.29, 0.717) is 5.92 Å². The maximum Gasteiger partial charge on any atom is 0.162 e. The Labute approximate surface area is 272 Å². The molecule has 4 nitrogen and oxygen atoms in total. The molecule has 1 aliphatic rings. The van der Waals surface area contributed by atoms with Crippen molar-refractivity contribution in [3.8, 4) is 22.4 Å². The Morgan fingerprint density at radius 2 is 1.53 bits per heavy atom. The number of hydrogen-bond donors (Lipinski definition) is 1. The molecule has 0 spiro atoms. The molecule has 0 saturated heterocycles. The summed E-state index contributed by atoms with van der Waals surface area (Å²) in [6.45, 7) is 12.5. The number of nitrogens with zero attached hydrogens (tertiary/aromatic N) is 1. The Kier molecular flexibility index (Phi) is 12.6. The molecular formula is C37H42IrNO3S-. The van der Waals surface area contributed by atoms with E-state index in [0.717, 1.165) is 63.2 Å². The maximum absolute atomic E-state index is 12.9. The Morgan fingerprint density at radius 1 is 0.907 bits per heavy atom. The molecule has 5 rings (SSSR count). The number of aliphatic hydroxyl groups excluding tert-OH is 1. The summed E-state index contributed by atoms with van der Waals surface area (Å²) in [6, 6.07) is 23.9. The van der Waals surface area contributed by atoms with E-state index in [2.05, 4.69) is 44.2 Å². The van der Waals surface area contributed by atoms with E-state index in [4.69, 9.17) is 4.98 Å². The van der Waals surface area contributed by atoms with Gasteiger partial charge in [-0.3, -0.25) is 9.78 Å². The standard InChI is InChI=1S/C24H18NOS.C13H24O2.Ir/c1-15(2)20-14-17(13-16-7-3-4-8-18(16)20)24-23-19-9-5-6-10-21(19)27(26)22(23)11-12-25-24;1-5-10(6-2)12(14)9-13(15)11(7-3)8-4;/h3-12,14-15H,1-2H3;9-11,14H,5-8H2,1-4H3;/q-1;;/b;12-9-;. The Balaban J connectivity index is 0.000000274. The predicted molar refractivity (Wildman–Crippen MR) is 174 cm³/mol. The molecule has 0 saturated carbocycles. The first-order valence-corrected chi connectivity index (χ1v) is 16.3. The second kappa shape index (κ2) is 15.7. The van der Waals surface area contributed by atoms with Gasteiger partial charge in [0.15, 0.2) is 5.78 Å². The zero-order valence-corrected chi connectivity index (χ0v) is 29.2. The van der Waals surface area contributed by atoms with Crippen LogP contribution in [0.15, 0.2) is 88.5 Å².